The van der Waals surface area contributed by atoms with Gasteiger partial charge in [-0.2, -0.15) is 0 Å². The average Bonchev–Trinajstić information content (AvgIpc) is 2.87. The summed E-state index contributed by atoms with van der Waals surface area (Å²) < 4.78 is 22.4. The van der Waals surface area contributed by atoms with Crippen molar-refractivity contribution < 1.29 is 18.0 Å². The molecule has 0 spiro atoms. The number of nitrogens with zero attached hydrogens (tertiary/aromatic N) is 1. The zero-order valence-electron chi connectivity index (χ0n) is 15.3. The van der Waals surface area contributed by atoms with Gasteiger partial charge in [0.25, 0.3) is 0 Å². The van der Waals surface area contributed by atoms with E-state index in [1.807, 2.05) is 20.8 Å². The summed E-state index contributed by atoms with van der Waals surface area (Å²) >= 11 is 0. The minimum absolute atomic E-state index is 0.0396. The second-order valence-corrected chi connectivity index (χ2v) is 8.98. The van der Waals surface area contributed by atoms with Gasteiger partial charge in [0.05, 0.1) is 10.9 Å². The van der Waals surface area contributed by atoms with E-state index in [1.54, 1.807) is 17.0 Å². The molecule has 1 atom stereocenters. The lowest BCUT2D eigenvalue weighted by atomic mass is 10.1. The van der Waals surface area contributed by atoms with Gasteiger partial charge in [-0.1, -0.05) is 12.1 Å². The van der Waals surface area contributed by atoms with Crippen molar-refractivity contribution in [3.63, 3.8) is 0 Å². The Hall–Kier alpha value is -2.13. The van der Waals surface area contributed by atoms with Crippen molar-refractivity contribution in [2.75, 3.05) is 13.1 Å². The smallest absolute Gasteiger partial charge is 0.315 e. The first-order valence-electron chi connectivity index (χ1n) is 8.43. The van der Waals surface area contributed by atoms with E-state index in [-0.39, 0.29) is 28.4 Å². The molecule has 0 aromatic heterocycles. The van der Waals surface area contributed by atoms with Gasteiger partial charge in [-0.05, 0) is 44.9 Å². The van der Waals surface area contributed by atoms with E-state index < -0.39 is 10.0 Å². The lowest BCUT2D eigenvalue weighted by Crippen LogP contribution is -2.46. The maximum Gasteiger partial charge on any atom is 0.315 e. The maximum atomic E-state index is 12.0. The summed E-state index contributed by atoms with van der Waals surface area (Å²) in [7, 11) is -3.70. The fourth-order valence-corrected chi connectivity index (χ4v) is 3.37. The minimum Gasteiger partial charge on any atom is -0.338 e. The average molecular weight is 382 g/mol. The third-order valence-corrected chi connectivity index (χ3v) is 5.15. The largest absolute Gasteiger partial charge is 0.338 e. The highest BCUT2D eigenvalue weighted by atomic mass is 32.2. The molecular formula is C17H26N4O4S. The number of carbonyl (C=O) groups is 2. The summed E-state index contributed by atoms with van der Waals surface area (Å²) in [5.74, 6) is 0.0396. The van der Waals surface area contributed by atoms with Crippen LogP contribution < -0.4 is 15.8 Å². The fraction of sp³-hybridized carbons (Fsp3) is 0.529. The number of nitrogens with two attached hydrogens (primary N) is 1. The zero-order valence-corrected chi connectivity index (χ0v) is 16.1. The standard InChI is InChI=1S/C17H26N4O4S/c1-17(2,3)21-11-13(10-15(21)22)20-16(23)19-9-8-12-4-6-14(7-5-12)26(18,24)25/h4-7,13H,8-11H2,1-3H3,(H2,18,24,25)(H2,19,20,23). The molecule has 0 bridgehead atoms. The summed E-state index contributed by atoms with van der Waals surface area (Å²) in [5, 5.41) is 10.6. The molecule has 0 radical (unpaired) electrons. The first-order chi connectivity index (χ1) is 12.0. The van der Waals surface area contributed by atoms with Crippen LogP contribution in [0.4, 0.5) is 4.79 Å². The topological polar surface area (TPSA) is 122 Å². The van der Waals surface area contributed by atoms with Crippen LogP contribution in [0.3, 0.4) is 0 Å². The van der Waals surface area contributed by atoms with Gasteiger partial charge in [-0.15, -0.1) is 0 Å². The van der Waals surface area contributed by atoms with E-state index in [9.17, 15) is 18.0 Å². The molecule has 4 N–H and O–H groups in total. The second-order valence-electron chi connectivity index (χ2n) is 7.42. The van der Waals surface area contributed by atoms with Crippen LogP contribution in [0.1, 0.15) is 32.8 Å². The van der Waals surface area contributed by atoms with Gasteiger partial charge in [-0.25, -0.2) is 18.4 Å². The van der Waals surface area contributed by atoms with E-state index in [0.29, 0.717) is 25.9 Å². The molecule has 9 heteroatoms. The number of sulfonamides is 1. The van der Waals surface area contributed by atoms with Gasteiger partial charge >= 0.3 is 6.03 Å². The van der Waals surface area contributed by atoms with Gasteiger partial charge in [0.1, 0.15) is 0 Å². The first-order valence-corrected chi connectivity index (χ1v) is 9.98. The molecule has 3 amide bonds. The first kappa shape index (κ1) is 20.2. The Balaban J connectivity index is 1.77. The Labute approximate surface area is 154 Å². The minimum atomic E-state index is -3.70. The number of hydrogen-bond donors (Lipinski definition) is 3. The van der Waals surface area contributed by atoms with Crippen LogP contribution in [0.25, 0.3) is 0 Å². The third kappa shape index (κ3) is 5.43. The van der Waals surface area contributed by atoms with Crippen LogP contribution in [-0.4, -0.2) is 49.9 Å². The number of likely N-dealkylation sites (tertiary alicyclic amines) is 1. The quantitative estimate of drug-likeness (QED) is 0.689. The monoisotopic (exact) mass is 382 g/mol. The maximum absolute atomic E-state index is 12.0. The molecule has 8 nitrogen and oxygen atoms in total. The van der Waals surface area contributed by atoms with Gasteiger partial charge in [-0.3, -0.25) is 4.79 Å². The number of rotatable bonds is 5. The van der Waals surface area contributed by atoms with Crippen molar-refractivity contribution in [1.82, 2.24) is 15.5 Å². The van der Waals surface area contributed by atoms with Crippen molar-refractivity contribution in [3.8, 4) is 0 Å². The van der Waals surface area contributed by atoms with Gasteiger partial charge in [0, 0.05) is 25.0 Å². The van der Waals surface area contributed by atoms with Crippen LogP contribution in [0.2, 0.25) is 0 Å². The summed E-state index contributed by atoms with van der Waals surface area (Å²) in [6.07, 6.45) is 0.857. The summed E-state index contributed by atoms with van der Waals surface area (Å²) in [4.78, 5) is 25.8. The molecule has 2 rings (SSSR count). The molecule has 26 heavy (non-hydrogen) atoms. The van der Waals surface area contributed by atoms with E-state index in [4.69, 9.17) is 5.14 Å². The van der Waals surface area contributed by atoms with Crippen molar-refractivity contribution in [2.24, 2.45) is 5.14 Å². The van der Waals surface area contributed by atoms with Crippen LogP contribution in [0.5, 0.6) is 0 Å². The molecule has 1 aliphatic rings. The van der Waals surface area contributed by atoms with Crippen molar-refractivity contribution in [3.05, 3.63) is 29.8 Å². The lowest BCUT2D eigenvalue weighted by Gasteiger charge is -2.32. The number of urea groups is 1. The van der Waals surface area contributed by atoms with Crippen LogP contribution >= 0.6 is 0 Å². The van der Waals surface area contributed by atoms with Crippen LogP contribution in [-0.2, 0) is 21.2 Å². The summed E-state index contributed by atoms with van der Waals surface area (Å²) in [6.45, 7) is 6.80. The lowest BCUT2D eigenvalue weighted by molar-refractivity contribution is -0.131. The Morgan fingerprint density at radius 1 is 1.27 bits per heavy atom. The number of hydrogen-bond acceptors (Lipinski definition) is 4. The van der Waals surface area contributed by atoms with E-state index in [1.165, 1.54) is 12.1 Å². The molecule has 0 saturated carbocycles. The predicted molar refractivity (Wildman–Crippen MR) is 97.9 cm³/mol. The number of amides is 3. The molecular weight excluding hydrogens is 356 g/mol. The highest BCUT2D eigenvalue weighted by Crippen LogP contribution is 2.21. The molecule has 1 fully saturated rings. The molecule has 1 heterocycles. The molecule has 1 aromatic carbocycles. The fourth-order valence-electron chi connectivity index (χ4n) is 2.85. The number of nitrogens with one attached hydrogen (secondary N) is 2. The molecule has 0 aliphatic carbocycles. The number of primary sulfonamides is 1. The molecule has 1 unspecified atom stereocenters. The molecule has 1 aliphatic heterocycles. The third-order valence-electron chi connectivity index (χ3n) is 4.22. The highest BCUT2D eigenvalue weighted by molar-refractivity contribution is 7.89. The Morgan fingerprint density at radius 3 is 2.38 bits per heavy atom. The van der Waals surface area contributed by atoms with E-state index in [0.717, 1.165) is 5.56 Å². The van der Waals surface area contributed by atoms with E-state index in [2.05, 4.69) is 10.6 Å². The van der Waals surface area contributed by atoms with Gasteiger partial charge < -0.3 is 15.5 Å². The Kier molecular flexibility index (Phi) is 5.92. The van der Waals surface area contributed by atoms with Crippen LogP contribution in [0.15, 0.2) is 29.2 Å². The van der Waals surface area contributed by atoms with E-state index >= 15 is 0 Å². The van der Waals surface area contributed by atoms with Crippen LogP contribution in [0, 0.1) is 0 Å². The Bertz CT molecular complexity index is 769. The molecule has 1 saturated heterocycles. The summed E-state index contributed by atoms with van der Waals surface area (Å²) in [5.41, 5.74) is 0.625. The normalized spacial score (nSPS) is 18.1. The van der Waals surface area contributed by atoms with Crippen molar-refractivity contribution in [1.29, 1.82) is 0 Å². The Morgan fingerprint density at radius 2 is 1.88 bits per heavy atom. The van der Waals surface area contributed by atoms with Gasteiger partial charge in [0.15, 0.2) is 0 Å². The summed E-state index contributed by atoms with van der Waals surface area (Å²) in [6, 6.07) is 5.69. The molecule has 144 valence electrons. The second kappa shape index (κ2) is 7.63. The number of benzene rings is 1. The number of carbonyl (C=O) groups excluding carboxylic acids is 2. The SMILES string of the molecule is CC(C)(C)N1CC(NC(=O)NCCc2ccc(S(N)(=O)=O)cc2)CC1=O. The zero-order chi connectivity index (χ0) is 19.5. The van der Waals surface area contributed by atoms with Crippen molar-refractivity contribution >= 4 is 22.0 Å². The molecule has 1 aromatic rings. The van der Waals surface area contributed by atoms with Gasteiger partial charge in [0.2, 0.25) is 15.9 Å². The highest BCUT2D eigenvalue weighted by Gasteiger charge is 2.36. The van der Waals surface area contributed by atoms with Crippen molar-refractivity contribution in [2.45, 2.75) is 50.1 Å². The predicted octanol–water partition coefficient (Wildman–Crippen LogP) is 0.575.